The van der Waals surface area contributed by atoms with E-state index in [1.165, 1.54) is 4.31 Å². The second-order valence-electron chi connectivity index (χ2n) is 7.68. The van der Waals surface area contributed by atoms with Gasteiger partial charge < -0.3 is 9.67 Å². The minimum Gasteiger partial charge on any atom is -0.387 e. The number of halogens is 2. The van der Waals surface area contributed by atoms with Crippen LogP contribution in [0.1, 0.15) is 18.6 Å². The number of rotatable bonds is 6. The molecule has 1 saturated heterocycles. The highest BCUT2D eigenvalue weighted by molar-refractivity contribution is 7.89. The highest BCUT2D eigenvalue weighted by Gasteiger charge is 2.30. The molecule has 2 heterocycles. The number of benzene rings is 2. The number of nitrogens with zero attached hydrogens (tertiary/aromatic N) is 3. The average molecular weight is 450 g/mol. The van der Waals surface area contributed by atoms with Gasteiger partial charge in [-0.3, -0.25) is 4.90 Å². The molecule has 4 rings (SSSR count). The van der Waals surface area contributed by atoms with Crippen molar-refractivity contribution in [3.8, 4) is 0 Å². The van der Waals surface area contributed by atoms with Crippen LogP contribution in [0.25, 0.3) is 10.9 Å². The summed E-state index contributed by atoms with van der Waals surface area (Å²) in [6.45, 7) is 4.54. The van der Waals surface area contributed by atoms with E-state index in [0.29, 0.717) is 25.7 Å². The molecule has 1 N–H and O–H groups in total. The van der Waals surface area contributed by atoms with Crippen LogP contribution in [0.15, 0.2) is 53.6 Å². The third-order valence-electron chi connectivity index (χ3n) is 5.81. The Morgan fingerprint density at radius 2 is 1.74 bits per heavy atom. The number of aliphatic hydroxyl groups excluding tert-OH is 1. The van der Waals surface area contributed by atoms with Gasteiger partial charge in [0.2, 0.25) is 10.0 Å². The van der Waals surface area contributed by atoms with Gasteiger partial charge in [-0.2, -0.15) is 4.31 Å². The van der Waals surface area contributed by atoms with Gasteiger partial charge >= 0.3 is 0 Å². The Morgan fingerprint density at radius 3 is 2.42 bits per heavy atom. The predicted octanol–water partition coefficient (Wildman–Crippen LogP) is 2.98. The largest absolute Gasteiger partial charge is 0.387 e. The summed E-state index contributed by atoms with van der Waals surface area (Å²) in [7, 11) is -3.90. The molecule has 3 aromatic rings. The van der Waals surface area contributed by atoms with E-state index in [1.54, 1.807) is 0 Å². The Morgan fingerprint density at radius 1 is 1.03 bits per heavy atom. The standard InChI is InChI=1S/C22H25F2N3O3S/c1-2-26-14-18(17-5-3-4-6-21(17)26)22(28)15-25-9-11-27(12-10-25)31(29,30)16-7-8-19(23)20(24)13-16/h3-8,13-14,22,28H,2,9-12,15H2,1H3/t22-/m0/s1. The van der Waals surface area contributed by atoms with Crippen LogP contribution in [-0.4, -0.2) is 60.0 Å². The van der Waals surface area contributed by atoms with Crippen molar-refractivity contribution in [2.24, 2.45) is 0 Å². The molecule has 1 aromatic heterocycles. The summed E-state index contributed by atoms with van der Waals surface area (Å²) in [5.41, 5.74) is 1.93. The first-order valence-corrected chi connectivity index (χ1v) is 11.7. The van der Waals surface area contributed by atoms with Crippen molar-refractivity contribution < 1.29 is 22.3 Å². The van der Waals surface area contributed by atoms with Crippen LogP contribution < -0.4 is 0 Å². The van der Waals surface area contributed by atoms with Crippen LogP contribution in [0.4, 0.5) is 8.78 Å². The number of sulfonamides is 1. The predicted molar refractivity (Wildman–Crippen MR) is 114 cm³/mol. The summed E-state index contributed by atoms with van der Waals surface area (Å²) in [5, 5.41) is 11.9. The molecular weight excluding hydrogens is 424 g/mol. The Hall–Kier alpha value is -2.33. The van der Waals surface area contributed by atoms with E-state index in [2.05, 4.69) is 11.5 Å². The fraction of sp³-hybridized carbons (Fsp3) is 0.364. The number of fused-ring (bicyclic) bond motifs is 1. The first-order chi connectivity index (χ1) is 14.8. The van der Waals surface area contributed by atoms with Gasteiger partial charge in [-0.15, -0.1) is 0 Å². The molecule has 1 aliphatic heterocycles. The van der Waals surface area contributed by atoms with Gasteiger partial charge in [0.1, 0.15) is 0 Å². The summed E-state index contributed by atoms with van der Waals surface area (Å²) in [4.78, 5) is 1.76. The lowest BCUT2D eigenvalue weighted by molar-refractivity contribution is 0.0928. The fourth-order valence-corrected chi connectivity index (χ4v) is 5.52. The minimum absolute atomic E-state index is 0.213. The molecule has 2 aromatic carbocycles. The molecule has 31 heavy (non-hydrogen) atoms. The van der Waals surface area contributed by atoms with E-state index in [1.807, 2.05) is 35.4 Å². The SMILES string of the molecule is CCn1cc([C@@H](O)CN2CCN(S(=O)(=O)c3ccc(F)c(F)c3)CC2)c2ccccc21. The molecule has 0 amide bonds. The first-order valence-electron chi connectivity index (χ1n) is 10.2. The van der Waals surface area contributed by atoms with Crippen LogP contribution in [0.2, 0.25) is 0 Å². The molecule has 0 unspecified atom stereocenters. The van der Waals surface area contributed by atoms with Gasteiger partial charge in [0.25, 0.3) is 0 Å². The van der Waals surface area contributed by atoms with Crippen molar-refractivity contribution in [2.75, 3.05) is 32.7 Å². The molecule has 1 fully saturated rings. The maximum atomic E-state index is 13.5. The Bertz CT molecular complexity index is 1190. The van der Waals surface area contributed by atoms with Crippen LogP contribution in [0.5, 0.6) is 0 Å². The van der Waals surface area contributed by atoms with E-state index >= 15 is 0 Å². The first kappa shape index (κ1) is 21.9. The summed E-state index contributed by atoms with van der Waals surface area (Å²) in [6, 6.07) is 10.5. The van der Waals surface area contributed by atoms with E-state index in [-0.39, 0.29) is 18.0 Å². The second kappa shape index (κ2) is 8.66. The quantitative estimate of drug-likeness (QED) is 0.629. The van der Waals surface area contributed by atoms with E-state index in [4.69, 9.17) is 0 Å². The normalized spacial score (nSPS) is 17.3. The zero-order chi connectivity index (χ0) is 22.2. The van der Waals surface area contributed by atoms with Gasteiger partial charge in [0.05, 0.1) is 11.0 Å². The monoisotopic (exact) mass is 449 g/mol. The zero-order valence-corrected chi connectivity index (χ0v) is 18.0. The number of aryl methyl sites for hydroxylation is 1. The van der Waals surface area contributed by atoms with Crippen LogP contribution >= 0.6 is 0 Å². The number of hydrogen-bond acceptors (Lipinski definition) is 4. The maximum Gasteiger partial charge on any atom is 0.243 e. The van der Waals surface area contributed by atoms with Crippen molar-refractivity contribution >= 4 is 20.9 Å². The Kier molecular flexibility index (Phi) is 6.11. The third kappa shape index (κ3) is 4.23. The maximum absolute atomic E-state index is 13.5. The smallest absolute Gasteiger partial charge is 0.243 e. The summed E-state index contributed by atoms with van der Waals surface area (Å²) >= 11 is 0. The van der Waals surface area contributed by atoms with Crippen molar-refractivity contribution in [2.45, 2.75) is 24.5 Å². The van der Waals surface area contributed by atoms with Crippen molar-refractivity contribution in [1.29, 1.82) is 0 Å². The minimum atomic E-state index is -3.90. The van der Waals surface area contributed by atoms with Gasteiger partial charge in [0.15, 0.2) is 11.6 Å². The summed E-state index contributed by atoms with van der Waals surface area (Å²) < 4.78 is 55.5. The number of aliphatic hydroxyl groups is 1. The lowest BCUT2D eigenvalue weighted by atomic mass is 10.1. The average Bonchev–Trinajstić information content (AvgIpc) is 3.15. The number of aromatic nitrogens is 1. The van der Waals surface area contributed by atoms with E-state index in [0.717, 1.165) is 35.1 Å². The highest BCUT2D eigenvalue weighted by Crippen LogP contribution is 2.28. The zero-order valence-electron chi connectivity index (χ0n) is 17.2. The molecular formula is C22H25F2N3O3S. The fourth-order valence-electron chi connectivity index (χ4n) is 4.08. The number of para-hydroxylation sites is 1. The lowest BCUT2D eigenvalue weighted by Crippen LogP contribution is -2.49. The molecule has 0 aliphatic carbocycles. The topological polar surface area (TPSA) is 65.8 Å². The molecule has 166 valence electrons. The molecule has 6 nitrogen and oxygen atoms in total. The number of hydrogen-bond donors (Lipinski definition) is 1. The summed E-state index contributed by atoms with van der Waals surface area (Å²) in [5.74, 6) is -2.27. The van der Waals surface area contributed by atoms with Crippen LogP contribution in [-0.2, 0) is 16.6 Å². The molecule has 0 saturated carbocycles. The van der Waals surface area contributed by atoms with Gasteiger partial charge in [-0.25, -0.2) is 17.2 Å². The third-order valence-corrected chi connectivity index (χ3v) is 7.70. The summed E-state index contributed by atoms with van der Waals surface area (Å²) in [6.07, 6.45) is 1.27. The Labute approximate surface area is 180 Å². The lowest BCUT2D eigenvalue weighted by Gasteiger charge is -2.34. The Balaban J connectivity index is 1.43. The van der Waals surface area contributed by atoms with E-state index < -0.39 is 27.8 Å². The molecule has 0 radical (unpaired) electrons. The van der Waals surface area contributed by atoms with E-state index in [9.17, 15) is 22.3 Å². The molecule has 0 bridgehead atoms. The van der Waals surface area contributed by atoms with Crippen molar-refractivity contribution in [3.05, 3.63) is 65.9 Å². The van der Waals surface area contributed by atoms with Crippen LogP contribution in [0, 0.1) is 11.6 Å². The van der Waals surface area contributed by atoms with Crippen molar-refractivity contribution in [1.82, 2.24) is 13.8 Å². The molecule has 1 aliphatic rings. The molecule has 0 spiro atoms. The number of β-amino-alcohol motifs (C(OH)–C–C–N with tert-alkyl or cyclic N) is 1. The van der Waals surface area contributed by atoms with Gasteiger partial charge in [-0.1, -0.05) is 18.2 Å². The molecule has 9 heteroatoms. The van der Waals surface area contributed by atoms with Gasteiger partial charge in [0, 0.05) is 61.9 Å². The highest BCUT2D eigenvalue weighted by atomic mass is 32.2. The second-order valence-corrected chi connectivity index (χ2v) is 9.62. The van der Waals surface area contributed by atoms with Crippen molar-refractivity contribution in [3.63, 3.8) is 0 Å². The number of piperazine rings is 1. The molecule has 1 atom stereocenters. The van der Waals surface area contributed by atoms with Crippen LogP contribution in [0.3, 0.4) is 0 Å². The van der Waals surface area contributed by atoms with Gasteiger partial charge in [-0.05, 0) is 31.2 Å².